The van der Waals surface area contributed by atoms with Crippen molar-refractivity contribution in [2.24, 2.45) is 0 Å². The van der Waals surface area contributed by atoms with Gasteiger partial charge in [-0.2, -0.15) is 0 Å². The van der Waals surface area contributed by atoms with Crippen LogP contribution in [0.5, 0.6) is 0 Å². The number of aliphatic hydroxyl groups is 2. The fraction of sp³-hybridized carbons (Fsp3) is 0.833. The van der Waals surface area contributed by atoms with Crippen LogP contribution in [0.3, 0.4) is 0 Å². The second-order valence-corrected chi connectivity index (χ2v) is 8.92. The molecule has 0 spiro atoms. The maximum atomic E-state index is 11.7. The van der Waals surface area contributed by atoms with Crippen molar-refractivity contribution >= 4 is 24.6 Å². The molecule has 2 rings (SSSR count). The fourth-order valence-corrected chi connectivity index (χ4v) is 3.91. The molecule has 0 amide bonds. The summed E-state index contributed by atoms with van der Waals surface area (Å²) in [5.41, 5.74) is 0. The summed E-state index contributed by atoms with van der Waals surface area (Å²) in [6.45, 7) is 1.48. The molecule has 2 N–H and O–H groups in total. The summed E-state index contributed by atoms with van der Waals surface area (Å²) in [6, 6.07) is 0. The molecule has 6 atom stereocenters. The highest BCUT2D eigenvalue weighted by Gasteiger charge is 2.28. The van der Waals surface area contributed by atoms with Crippen molar-refractivity contribution in [2.45, 2.75) is 102 Å². The van der Waals surface area contributed by atoms with Gasteiger partial charge in [-0.25, -0.2) is 19.2 Å². The monoisotopic (exact) mass is 566 g/mol. The minimum Gasteiger partial charge on any atom is -0.431 e. The van der Waals surface area contributed by atoms with Crippen molar-refractivity contribution in [3.63, 3.8) is 0 Å². The van der Waals surface area contributed by atoms with E-state index in [4.69, 9.17) is 42.6 Å². The molecule has 0 aromatic rings. The molecule has 0 radical (unpaired) electrons. The molecule has 2 fully saturated rings. The predicted molar refractivity (Wildman–Crippen MR) is 126 cm³/mol. The largest absolute Gasteiger partial charge is 0.510 e. The molecule has 0 saturated heterocycles. The molecule has 2 saturated carbocycles. The van der Waals surface area contributed by atoms with Crippen LogP contribution in [0.1, 0.15) is 65.2 Å². The van der Waals surface area contributed by atoms with Crippen molar-refractivity contribution in [1.82, 2.24) is 0 Å². The van der Waals surface area contributed by atoms with E-state index >= 15 is 0 Å². The Hall–Kier alpha value is -3.04. The Morgan fingerprint density at radius 2 is 0.923 bits per heavy atom. The summed E-state index contributed by atoms with van der Waals surface area (Å²) < 4.78 is 44.0. The van der Waals surface area contributed by atoms with Gasteiger partial charge < -0.3 is 52.8 Å². The summed E-state index contributed by atoms with van der Waals surface area (Å²) in [7, 11) is 0. The highest BCUT2D eigenvalue weighted by Crippen LogP contribution is 2.22. The Labute approximate surface area is 225 Å². The molecule has 15 heteroatoms. The van der Waals surface area contributed by atoms with E-state index in [0.717, 1.165) is 25.7 Å². The van der Waals surface area contributed by atoms with Crippen molar-refractivity contribution < 1.29 is 72.0 Å². The van der Waals surface area contributed by atoms with Crippen LogP contribution < -0.4 is 0 Å². The summed E-state index contributed by atoms with van der Waals surface area (Å²) in [5, 5.41) is 19.6. The molecule has 0 bridgehead atoms. The van der Waals surface area contributed by atoms with Gasteiger partial charge in [-0.1, -0.05) is 12.8 Å². The Bertz CT molecular complexity index is 713. The molecule has 6 unspecified atom stereocenters. The van der Waals surface area contributed by atoms with E-state index < -0.39 is 61.6 Å². The average Bonchev–Trinajstić information content (AvgIpc) is 2.87. The molecule has 0 aromatic carbocycles. The Morgan fingerprint density at radius 3 is 1.28 bits per heavy atom. The minimum absolute atomic E-state index is 0.290. The molecule has 2 aliphatic carbocycles. The second-order valence-electron chi connectivity index (χ2n) is 8.92. The van der Waals surface area contributed by atoms with E-state index in [1.54, 1.807) is 0 Å². The van der Waals surface area contributed by atoms with Gasteiger partial charge in [0.15, 0.2) is 0 Å². The number of carbonyl (C=O) groups excluding carboxylic acids is 4. The first kappa shape index (κ1) is 32.2. The third-order valence-electron chi connectivity index (χ3n) is 5.78. The molecule has 39 heavy (non-hydrogen) atoms. The zero-order valence-corrected chi connectivity index (χ0v) is 22.2. The van der Waals surface area contributed by atoms with Gasteiger partial charge >= 0.3 is 24.6 Å². The van der Waals surface area contributed by atoms with Crippen molar-refractivity contribution in [3.8, 4) is 0 Å². The number of hydrogen-bond donors (Lipinski definition) is 2. The summed E-state index contributed by atoms with van der Waals surface area (Å²) in [4.78, 5) is 46.7. The van der Waals surface area contributed by atoms with Crippen LogP contribution in [-0.4, -0.2) is 98.3 Å². The zero-order chi connectivity index (χ0) is 28.6. The van der Waals surface area contributed by atoms with Crippen molar-refractivity contribution in [1.29, 1.82) is 0 Å². The molecule has 2 aliphatic rings. The van der Waals surface area contributed by atoms with Crippen LogP contribution >= 0.6 is 0 Å². The van der Waals surface area contributed by atoms with Crippen LogP contribution in [-0.2, 0) is 42.6 Å². The molecular formula is C24H38O15. The number of rotatable bonds is 12. The van der Waals surface area contributed by atoms with Gasteiger partial charge in [0.25, 0.3) is 0 Å². The lowest BCUT2D eigenvalue weighted by molar-refractivity contribution is -0.204. The average molecular weight is 567 g/mol. The highest BCUT2D eigenvalue weighted by molar-refractivity contribution is 5.61. The van der Waals surface area contributed by atoms with E-state index in [-0.39, 0.29) is 26.4 Å². The number of hydrogen-bond acceptors (Lipinski definition) is 15. The third-order valence-corrected chi connectivity index (χ3v) is 5.78. The quantitative estimate of drug-likeness (QED) is 0.151. The van der Waals surface area contributed by atoms with E-state index in [1.807, 2.05) is 0 Å². The number of ether oxygens (including phenoxy) is 9. The normalized spacial score (nSPS) is 24.3. The Balaban J connectivity index is 1.48. The molecule has 0 heterocycles. The van der Waals surface area contributed by atoms with Gasteiger partial charge in [-0.05, 0) is 52.4 Å². The van der Waals surface area contributed by atoms with Crippen molar-refractivity contribution in [2.75, 3.05) is 26.4 Å². The molecule has 15 nitrogen and oxygen atoms in total. The maximum absolute atomic E-state index is 11.7. The van der Waals surface area contributed by atoms with E-state index in [0.29, 0.717) is 25.7 Å². The second kappa shape index (κ2) is 17.5. The van der Waals surface area contributed by atoms with Crippen molar-refractivity contribution in [3.05, 3.63) is 0 Å². The van der Waals surface area contributed by atoms with Crippen LogP contribution in [0.25, 0.3) is 0 Å². The van der Waals surface area contributed by atoms with Gasteiger partial charge in [-0.3, -0.25) is 0 Å². The number of aliphatic hydroxyl groups excluding tert-OH is 2. The SMILES string of the molecule is CC(OC(=O)OCCOC(=O)OC1CCCCC1O)OC(C)OC(=O)OCCOC(=O)OC1CCCCC1O. The summed E-state index contributed by atoms with van der Waals surface area (Å²) >= 11 is 0. The number of carbonyl (C=O) groups is 4. The topological polar surface area (TPSA) is 192 Å². The predicted octanol–water partition coefficient (Wildman–Crippen LogP) is 2.91. The van der Waals surface area contributed by atoms with Gasteiger partial charge in [0.05, 0.1) is 12.2 Å². The summed E-state index contributed by atoms with van der Waals surface area (Å²) in [5.74, 6) is 0. The standard InChI is InChI=1S/C24H38O15/c1-15(36-21(27)31-11-13-33-23(29)38-19-9-5-3-7-17(19)25)35-16(2)37-22(28)32-12-14-34-24(30)39-20-10-6-4-8-18(20)26/h15-20,25-26H,3-14H2,1-2H3. The van der Waals surface area contributed by atoms with Crippen LogP contribution in [0.4, 0.5) is 19.2 Å². The first-order valence-corrected chi connectivity index (χ1v) is 13.0. The molecule has 0 aliphatic heterocycles. The molecular weight excluding hydrogens is 528 g/mol. The lowest BCUT2D eigenvalue weighted by atomic mass is 9.95. The Kier molecular flexibility index (Phi) is 14.5. The first-order valence-electron chi connectivity index (χ1n) is 13.0. The zero-order valence-electron chi connectivity index (χ0n) is 22.2. The Morgan fingerprint density at radius 1 is 0.590 bits per heavy atom. The minimum atomic E-state index is -1.17. The molecule has 0 aromatic heterocycles. The lowest BCUT2D eigenvalue weighted by Crippen LogP contribution is -2.34. The fourth-order valence-electron chi connectivity index (χ4n) is 3.91. The van der Waals surface area contributed by atoms with E-state index in [9.17, 15) is 29.4 Å². The smallest absolute Gasteiger partial charge is 0.431 e. The van der Waals surface area contributed by atoms with Crippen LogP contribution in [0.15, 0.2) is 0 Å². The van der Waals surface area contributed by atoms with Gasteiger partial charge in [-0.15, -0.1) is 0 Å². The maximum Gasteiger partial charge on any atom is 0.510 e. The van der Waals surface area contributed by atoms with Crippen LogP contribution in [0.2, 0.25) is 0 Å². The first-order chi connectivity index (χ1) is 18.6. The summed E-state index contributed by atoms with van der Waals surface area (Å²) in [6.07, 6.45) is -3.59. The van der Waals surface area contributed by atoms with Gasteiger partial charge in [0, 0.05) is 0 Å². The van der Waals surface area contributed by atoms with Gasteiger partial charge in [0.2, 0.25) is 12.6 Å². The van der Waals surface area contributed by atoms with E-state index in [2.05, 4.69) is 0 Å². The van der Waals surface area contributed by atoms with E-state index in [1.165, 1.54) is 13.8 Å². The molecule has 224 valence electrons. The highest BCUT2D eigenvalue weighted by atomic mass is 16.8. The third kappa shape index (κ3) is 13.5. The van der Waals surface area contributed by atoms with Crippen LogP contribution in [0, 0.1) is 0 Å². The van der Waals surface area contributed by atoms with Gasteiger partial charge in [0.1, 0.15) is 38.6 Å². The lowest BCUT2D eigenvalue weighted by Gasteiger charge is -2.26.